The zero-order valence-electron chi connectivity index (χ0n) is 22.8. The van der Waals surface area contributed by atoms with Gasteiger partial charge in [-0.3, -0.25) is 30.0 Å². The topological polar surface area (TPSA) is 92.8 Å². The molecule has 40 heavy (non-hydrogen) atoms. The summed E-state index contributed by atoms with van der Waals surface area (Å²) in [5.74, 6) is 0. The van der Waals surface area contributed by atoms with E-state index in [-0.39, 0.29) is 33.3 Å². The van der Waals surface area contributed by atoms with E-state index in [1.807, 2.05) is 48.5 Å². The Hall–Kier alpha value is -4.40. The number of nitrogens with zero attached hydrogens (tertiary/aromatic N) is 4. The monoisotopic (exact) mass is 538 g/mol. The number of benzene rings is 4. The molecule has 4 rings (SSSR count). The Morgan fingerprint density at radius 1 is 0.550 bits per heavy atom. The zero-order valence-corrected chi connectivity index (χ0v) is 22.8. The van der Waals surface area contributed by atoms with E-state index in [4.69, 9.17) is 0 Å². The number of hydrogen-bond acceptors (Lipinski definition) is 6. The van der Waals surface area contributed by atoms with Gasteiger partial charge in [0.25, 0.3) is 11.4 Å². The molecule has 0 aliphatic heterocycles. The standard InChI is InChI=1S/C32H34N4O4/c1-25(27-13-5-3-6-14-27)33(23-29-17-9-11-19-31(29)35(37)38)21-22-34(26(2)28-15-7-4-8-16-28)24-30-18-10-12-20-32(30)36(39)40/h3-20,25-26H,21-24H2,1-2H3/t25-,26-/m0/s1. The molecule has 0 spiro atoms. The van der Waals surface area contributed by atoms with Gasteiger partial charge in [0, 0.05) is 61.5 Å². The summed E-state index contributed by atoms with van der Waals surface area (Å²) >= 11 is 0. The lowest BCUT2D eigenvalue weighted by Crippen LogP contribution is -2.37. The van der Waals surface area contributed by atoms with E-state index in [1.54, 1.807) is 36.4 Å². The third-order valence-corrected chi connectivity index (χ3v) is 7.46. The van der Waals surface area contributed by atoms with E-state index in [1.165, 1.54) is 0 Å². The Balaban J connectivity index is 1.65. The number of nitro benzene ring substituents is 2. The fraction of sp³-hybridized carbons (Fsp3) is 0.250. The first-order valence-electron chi connectivity index (χ1n) is 13.4. The van der Waals surface area contributed by atoms with Crippen LogP contribution in [0.4, 0.5) is 11.4 Å². The van der Waals surface area contributed by atoms with Crippen molar-refractivity contribution >= 4 is 11.4 Å². The second-order valence-electron chi connectivity index (χ2n) is 9.89. The molecule has 4 aromatic rings. The molecule has 8 nitrogen and oxygen atoms in total. The molecule has 0 aliphatic rings. The molecule has 0 unspecified atom stereocenters. The highest BCUT2D eigenvalue weighted by molar-refractivity contribution is 5.41. The summed E-state index contributed by atoms with van der Waals surface area (Å²) in [7, 11) is 0. The van der Waals surface area contributed by atoms with Crippen LogP contribution in [0.3, 0.4) is 0 Å². The highest BCUT2D eigenvalue weighted by atomic mass is 16.6. The molecule has 0 heterocycles. The molecule has 0 fully saturated rings. The summed E-state index contributed by atoms with van der Waals surface area (Å²) < 4.78 is 0. The maximum atomic E-state index is 11.8. The average Bonchev–Trinajstić information content (AvgIpc) is 2.99. The Bertz CT molecular complexity index is 1310. The van der Waals surface area contributed by atoms with E-state index in [2.05, 4.69) is 47.9 Å². The van der Waals surface area contributed by atoms with E-state index in [0.717, 1.165) is 11.1 Å². The summed E-state index contributed by atoms with van der Waals surface area (Å²) in [5.41, 5.74) is 3.72. The predicted octanol–water partition coefficient (Wildman–Crippen LogP) is 7.33. The molecule has 0 bridgehead atoms. The van der Waals surface area contributed by atoms with E-state index in [0.29, 0.717) is 37.3 Å². The van der Waals surface area contributed by atoms with Gasteiger partial charge in [-0.15, -0.1) is 0 Å². The molecule has 0 radical (unpaired) electrons. The Kier molecular flexibility index (Phi) is 9.72. The highest BCUT2D eigenvalue weighted by Crippen LogP contribution is 2.29. The maximum Gasteiger partial charge on any atom is 0.273 e. The Labute approximate surface area is 234 Å². The molecular weight excluding hydrogens is 504 g/mol. The lowest BCUT2D eigenvalue weighted by Gasteiger charge is -2.35. The van der Waals surface area contributed by atoms with Crippen molar-refractivity contribution in [3.8, 4) is 0 Å². The molecule has 8 heteroatoms. The van der Waals surface area contributed by atoms with Gasteiger partial charge in [0.05, 0.1) is 9.85 Å². The van der Waals surface area contributed by atoms with Crippen molar-refractivity contribution in [1.82, 2.24) is 9.80 Å². The van der Waals surface area contributed by atoms with Gasteiger partial charge in [0.2, 0.25) is 0 Å². The van der Waals surface area contributed by atoms with Crippen molar-refractivity contribution in [2.24, 2.45) is 0 Å². The third kappa shape index (κ3) is 7.16. The van der Waals surface area contributed by atoms with Crippen LogP contribution >= 0.6 is 0 Å². The predicted molar refractivity (Wildman–Crippen MR) is 157 cm³/mol. The summed E-state index contributed by atoms with van der Waals surface area (Å²) in [4.78, 5) is 27.3. The largest absolute Gasteiger partial charge is 0.291 e. The average molecular weight is 539 g/mol. The second-order valence-corrected chi connectivity index (χ2v) is 9.89. The number of nitro groups is 2. The van der Waals surface area contributed by atoms with Crippen molar-refractivity contribution < 1.29 is 9.85 Å². The molecule has 206 valence electrons. The number of rotatable bonds is 13. The molecule has 2 atom stereocenters. The molecule has 0 amide bonds. The van der Waals surface area contributed by atoms with Gasteiger partial charge in [0.15, 0.2) is 0 Å². The number of hydrogen-bond donors (Lipinski definition) is 0. The van der Waals surface area contributed by atoms with Gasteiger partial charge in [-0.25, -0.2) is 0 Å². The SMILES string of the molecule is C[C@@H](c1ccccc1)N(CCN(Cc1ccccc1[N+](=O)[O-])[C@@H](C)c1ccccc1)Cc1ccccc1[N+](=O)[O-]. The number of para-hydroxylation sites is 2. The Morgan fingerprint density at radius 2 is 0.875 bits per heavy atom. The van der Waals surface area contributed by atoms with Crippen LogP contribution in [0.1, 0.15) is 48.2 Å². The fourth-order valence-corrected chi connectivity index (χ4v) is 5.04. The second kappa shape index (κ2) is 13.6. The minimum absolute atomic E-state index is 0.0130. The molecule has 0 aliphatic carbocycles. The smallest absolute Gasteiger partial charge is 0.273 e. The summed E-state index contributed by atoms with van der Waals surface area (Å²) in [6.45, 7) is 6.20. The van der Waals surface area contributed by atoms with E-state index < -0.39 is 0 Å². The molecule has 0 N–H and O–H groups in total. The van der Waals surface area contributed by atoms with Gasteiger partial charge < -0.3 is 0 Å². The normalized spacial score (nSPS) is 12.8. The fourth-order valence-electron chi connectivity index (χ4n) is 5.04. The highest BCUT2D eigenvalue weighted by Gasteiger charge is 2.25. The minimum Gasteiger partial charge on any atom is -0.291 e. The Morgan fingerprint density at radius 3 is 1.23 bits per heavy atom. The van der Waals surface area contributed by atoms with Gasteiger partial charge in [0.1, 0.15) is 0 Å². The summed E-state index contributed by atoms with van der Waals surface area (Å²) in [6.07, 6.45) is 0. The van der Waals surface area contributed by atoms with Crippen LogP contribution in [-0.2, 0) is 13.1 Å². The lowest BCUT2D eigenvalue weighted by molar-refractivity contribution is -0.386. The third-order valence-electron chi connectivity index (χ3n) is 7.46. The van der Waals surface area contributed by atoms with Crippen LogP contribution in [0.5, 0.6) is 0 Å². The van der Waals surface area contributed by atoms with E-state index >= 15 is 0 Å². The first kappa shape index (κ1) is 28.6. The molecule has 4 aromatic carbocycles. The maximum absolute atomic E-state index is 11.8. The van der Waals surface area contributed by atoms with Gasteiger partial charge in [-0.2, -0.15) is 0 Å². The molecular formula is C32H34N4O4. The van der Waals surface area contributed by atoms with Crippen LogP contribution in [0.2, 0.25) is 0 Å². The van der Waals surface area contributed by atoms with Crippen LogP contribution in [-0.4, -0.2) is 32.7 Å². The molecule has 0 saturated carbocycles. The van der Waals surface area contributed by atoms with Crippen molar-refractivity contribution in [2.75, 3.05) is 13.1 Å². The van der Waals surface area contributed by atoms with E-state index in [9.17, 15) is 20.2 Å². The minimum atomic E-state index is -0.334. The van der Waals surface area contributed by atoms with Crippen molar-refractivity contribution in [3.05, 3.63) is 152 Å². The van der Waals surface area contributed by atoms with Crippen molar-refractivity contribution in [3.63, 3.8) is 0 Å². The van der Waals surface area contributed by atoms with Gasteiger partial charge >= 0.3 is 0 Å². The summed E-state index contributed by atoms with van der Waals surface area (Å²) in [6, 6.07) is 33.9. The first-order chi connectivity index (χ1) is 19.3. The van der Waals surface area contributed by atoms with Gasteiger partial charge in [-0.05, 0) is 25.0 Å². The molecule has 0 saturated heterocycles. The van der Waals surface area contributed by atoms with Crippen LogP contribution in [0, 0.1) is 20.2 Å². The first-order valence-corrected chi connectivity index (χ1v) is 13.4. The summed E-state index contributed by atoms with van der Waals surface area (Å²) in [5, 5.41) is 23.5. The van der Waals surface area contributed by atoms with Crippen LogP contribution in [0.15, 0.2) is 109 Å². The van der Waals surface area contributed by atoms with Crippen molar-refractivity contribution in [1.29, 1.82) is 0 Å². The van der Waals surface area contributed by atoms with Crippen LogP contribution in [0.25, 0.3) is 0 Å². The zero-order chi connectivity index (χ0) is 28.5. The van der Waals surface area contributed by atoms with Crippen molar-refractivity contribution in [2.45, 2.75) is 39.0 Å². The van der Waals surface area contributed by atoms with Gasteiger partial charge in [-0.1, -0.05) is 97.1 Å². The quantitative estimate of drug-likeness (QED) is 0.131. The lowest BCUT2D eigenvalue weighted by atomic mass is 10.0. The molecule has 0 aromatic heterocycles. The van der Waals surface area contributed by atoms with Crippen LogP contribution < -0.4 is 0 Å².